The van der Waals surface area contributed by atoms with Gasteiger partial charge < -0.3 is 35.1 Å². The first-order chi connectivity index (χ1) is 23.6. The molecule has 0 unspecified atom stereocenters. The number of ether oxygens (including phenoxy) is 3. The maximum atomic E-state index is 12.9. The number of anilines is 1. The van der Waals surface area contributed by atoms with Crippen LogP contribution in [0.5, 0.6) is 0 Å². The van der Waals surface area contributed by atoms with Gasteiger partial charge in [-0.05, 0) is 54.5 Å². The summed E-state index contributed by atoms with van der Waals surface area (Å²) >= 11 is 0. The van der Waals surface area contributed by atoms with Gasteiger partial charge in [0.05, 0.1) is 31.3 Å². The first kappa shape index (κ1) is 38.9. The largest absolute Gasteiger partial charge is 0.445 e. The minimum atomic E-state index is -3.71. The summed E-state index contributed by atoms with van der Waals surface area (Å²) in [6.45, 7) is 5.03. The van der Waals surface area contributed by atoms with Gasteiger partial charge in [0.25, 0.3) is 0 Å². The average molecular weight is 698 g/mol. The second-order valence-electron chi connectivity index (χ2n) is 11.2. The monoisotopic (exact) mass is 697 g/mol. The minimum absolute atomic E-state index is 0.0683. The fraction of sp³-hybridized carbons (Fsp3) is 0.400. The van der Waals surface area contributed by atoms with Gasteiger partial charge in [-0.3, -0.25) is 9.59 Å². The molecule has 0 aliphatic rings. The summed E-state index contributed by atoms with van der Waals surface area (Å²) in [5.41, 5.74) is 1.82. The zero-order chi connectivity index (χ0) is 35.5. The molecule has 0 bridgehead atoms. The number of alkyl carbamates (subject to hydrolysis) is 1. The Hall–Kier alpha value is -4.50. The molecule has 49 heavy (non-hydrogen) atoms. The molecule has 0 heterocycles. The van der Waals surface area contributed by atoms with Crippen LogP contribution in [0.4, 0.5) is 10.5 Å². The first-order valence-electron chi connectivity index (χ1n) is 16.1. The number of amides is 3. The van der Waals surface area contributed by atoms with Gasteiger partial charge in [0, 0.05) is 44.8 Å². The molecule has 0 fully saturated rings. The van der Waals surface area contributed by atoms with E-state index in [0.717, 1.165) is 22.0 Å². The van der Waals surface area contributed by atoms with Crippen LogP contribution in [0.2, 0.25) is 0 Å². The van der Waals surface area contributed by atoms with Gasteiger partial charge in [-0.1, -0.05) is 55.1 Å². The van der Waals surface area contributed by atoms with E-state index in [9.17, 15) is 22.8 Å². The Bertz CT molecular complexity index is 1620. The molecule has 14 heteroatoms. The highest BCUT2D eigenvalue weighted by Crippen LogP contribution is 2.27. The number of carbonyl (C=O) groups excluding carboxylic acids is 3. The van der Waals surface area contributed by atoms with Gasteiger partial charge in [-0.15, -0.1) is 0 Å². The van der Waals surface area contributed by atoms with Crippen molar-refractivity contribution in [3.8, 4) is 0 Å². The van der Waals surface area contributed by atoms with E-state index >= 15 is 0 Å². The van der Waals surface area contributed by atoms with E-state index in [2.05, 4.69) is 27.3 Å². The van der Waals surface area contributed by atoms with E-state index in [1.54, 1.807) is 12.1 Å². The fourth-order valence-corrected chi connectivity index (χ4v) is 5.81. The second-order valence-corrected chi connectivity index (χ2v) is 13.0. The van der Waals surface area contributed by atoms with E-state index in [4.69, 9.17) is 14.2 Å². The molecule has 0 saturated heterocycles. The van der Waals surface area contributed by atoms with Gasteiger partial charge in [0.15, 0.2) is 0 Å². The summed E-state index contributed by atoms with van der Waals surface area (Å²) in [5, 5.41) is 9.86. The third-order valence-corrected chi connectivity index (χ3v) is 8.76. The molecule has 0 spiro atoms. The van der Waals surface area contributed by atoms with Crippen LogP contribution >= 0.6 is 0 Å². The molecule has 3 amide bonds. The van der Waals surface area contributed by atoms with Gasteiger partial charge in [0.2, 0.25) is 21.8 Å². The highest BCUT2D eigenvalue weighted by atomic mass is 32.2. The third kappa shape index (κ3) is 13.9. The van der Waals surface area contributed by atoms with Crippen molar-refractivity contribution in [2.45, 2.75) is 36.8 Å². The lowest BCUT2D eigenvalue weighted by molar-refractivity contribution is -0.123. The molecule has 13 nitrogen and oxygen atoms in total. The summed E-state index contributed by atoms with van der Waals surface area (Å²) in [7, 11) is 0.167. The van der Waals surface area contributed by atoms with Crippen molar-refractivity contribution in [3.05, 3.63) is 84.9 Å². The van der Waals surface area contributed by atoms with Gasteiger partial charge >= 0.3 is 6.09 Å². The summed E-state index contributed by atoms with van der Waals surface area (Å²) < 4.78 is 44.4. The third-order valence-electron chi connectivity index (χ3n) is 7.30. The number of hydrogen-bond acceptors (Lipinski definition) is 9. The number of rotatable bonds is 22. The molecule has 0 aromatic heterocycles. The van der Waals surface area contributed by atoms with E-state index in [1.807, 2.05) is 73.6 Å². The van der Waals surface area contributed by atoms with Crippen molar-refractivity contribution in [2.24, 2.45) is 0 Å². The SMILES string of the molecule is C=CC(=O)NCCCC[C@H](NC(=O)OCc1ccccc1)C(=O)NCCOCCOCCNS(=O)(=O)c1ccc2c(N(C)C)cccc2c1. The molecular weight excluding hydrogens is 650 g/mol. The molecule has 3 aromatic carbocycles. The summed E-state index contributed by atoms with van der Waals surface area (Å²) in [5.74, 6) is -0.661. The lowest BCUT2D eigenvalue weighted by Gasteiger charge is -2.18. The number of hydrogen-bond donors (Lipinski definition) is 4. The number of nitrogens with one attached hydrogen (secondary N) is 4. The molecular formula is C35H47N5O8S. The Labute approximate surface area is 288 Å². The van der Waals surface area contributed by atoms with Crippen LogP contribution < -0.4 is 25.6 Å². The molecule has 3 rings (SSSR count). The van der Waals surface area contributed by atoms with Crippen molar-refractivity contribution in [2.75, 3.05) is 65.1 Å². The number of nitrogens with zero attached hydrogens (tertiary/aromatic N) is 1. The van der Waals surface area contributed by atoms with E-state index in [-0.39, 0.29) is 62.8 Å². The Morgan fingerprint density at radius 3 is 2.31 bits per heavy atom. The molecule has 4 N–H and O–H groups in total. The Morgan fingerprint density at radius 2 is 1.59 bits per heavy atom. The summed E-state index contributed by atoms with van der Waals surface area (Å²) in [6, 6.07) is 19.2. The molecule has 3 aromatic rings. The van der Waals surface area contributed by atoms with Crippen molar-refractivity contribution in [3.63, 3.8) is 0 Å². The van der Waals surface area contributed by atoms with Crippen LogP contribution in [0.1, 0.15) is 24.8 Å². The Morgan fingerprint density at radius 1 is 0.857 bits per heavy atom. The second kappa shape index (κ2) is 20.8. The lowest BCUT2D eigenvalue weighted by Crippen LogP contribution is -2.47. The molecule has 1 atom stereocenters. The maximum Gasteiger partial charge on any atom is 0.408 e. The Kier molecular flexibility index (Phi) is 16.5. The van der Waals surface area contributed by atoms with Crippen molar-refractivity contribution in [1.29, 1.82) is 0 Å². The van der Waals surface area contributed by atoms with Gasteiger partial charge in [-0.2, -0.15) is 0 Å². The molecule has 0 aliphatic heterocycles. The smallest absolute Gasteiger partial charge is 0.408 e. The highest BCUT2D eigenvalue weighted by Gasteiger charge is 2.21. The van der Waals surface area contributed by atoms with Crippen LogP contribution in [-0.2, 0) is 40.4 Å². The Balaban J connectivity index is 1.32. The average Bonchev–Trinajstić information content (AvgIpc) is 3.10. The predicted octanol–water partition coefficient (Wildman–Crippen LogP) is 3.10. The van der Waals surface area contributed by atoms with E-state index in [1.165, 1.54) is 6.08 Å². The van der Waals surface area contributed by atoms with Gasteiger partial charge in [0.1, 0.15) is 12.6 Å². The van der Waals surface area contributed by atoms with Crippen LogP contribution in [0, 0.1) is 0 Å². The minimum Gasteiger partial charge on any atom is -0.445 e. The zero-order valence-corrected chi connectivity index (χ0v) is 28.9. The first-order valence-corrected chi connectivity index (χ1v) is 17.6. The fourth-order valence-electron chi connectivity index (χ4n) is 4.76. The topological polar surface area (TPSA) is 164 Å². The number of sulfonamides is 1. The van der Waals surface area contributed by atoms with Crippen LogP contribution in [0.3, 0.4) is 0 Å². The number of fused-ring (bicyclic) bond motifs is 1. The van der Waals surface area contributed by atoms with Crippen molar-refractivity contribution >= 4 is 44.4 Å². The molecule has 0 radical (unpaired) electrons. The lowest BCUT2D eigenvalue weighted by atomic mass is 10.1. The van der Waals surface area contributed by atoms with Gasteiger partial charge in [-0.25, -0.2) is 17.9 Å². The maximum absolute atomic E-state index is 12.9. The van der Waals surface area contributed by atoms with Crippen LogP contribution in [-0.4, -0.2) is 92.5 Å². The summed E-state index contributed by atoms with van der Waals surface area (Å²) in [6.07, 6.45) is 1.99. The molecule has 0 aliphatic carbocycles. The van der Waals surface area contributed by atoms with Crippen LogP contribution in [0.15, 0.2) is 84.3 Å². The molecule has 0 saturated carbocycles. The predicted molar refractivity (Wildman–Crippen MR) is 189 cm³/mol. The number of unbranched alkanes of at least 4 members (excludes halogenated alkanes) is 1. The molecule has 266 valence electrons. The summed E-state index contributed by atoms with van der Waals surface area (Å²) in [4.78, 5) is 38.8. The highest BCUT2D eigenvalue weighted by molar-refractivity contribution is 7.89. The van der Waals surface area contributed by atoms with E-state index in [0.29, 0.717) is 25.8 Å². The quantitative estimate of drug-likeness (QED) is 0.0913. The number of carbonyl (C=O) groups is 3. The number of benzene rings is 3. The standard InChI is InChI=1S/C35H47N5O8S/c1-4-33(41)36-18-9-8-14-31(39-35(43)48-26-27-11-6-5-7-12-27)34(42)37-19-21-46-23-24-47-22-20-38-49(44,45)29-16-17-30-28(25-29)13-10-15-32(30)40(2)3/h4-7,10-13,15-17,25,31,38H,1,8-9,14,18-24,26H2,2-3H3,(H,36,41)(H,37,42)(H,39,43)/t31-/m0/s1. The van der Waals surface area contributed by atoms with Crippen LogP contribution in [0.25, 0.3) is 10.8 Å². The zero-order valence-electron chi connectivity index (χ0n) is 28.1. The van der Waals surface area contributed by atoms with E-state index < -0.39 is 22.2 Å². The van der Waals surface area contributed by atoms with Crippen molar-refractivity contribution in [1.82, 2.24) is 20.7 Å². The van der Waals surface area contributed by atoms with Crippen molar-refractivity contribution < 1.29 is 37.0 Å². The normalized spacial score (nSPS) is 11.8.